The number of thiophene rings is 1. The van der Waals surface area contributed by atoms with Crippen LogP contribution in [0, 0.1) is 13.8 Å². The van der Waals surface area contributed by atoms with Crippen molar-refractivity contribution in [3.63, 3.8) is 0 Å². The van der Waals surface area contributed by atoms with Crippen LogP contribution >= 0.6 is 11.3 Å². The van der Waals surface area contributed by atoms with Crippen LogP contribution in [0.25, 0.3) is 0 Å². The molecule has 132 valence electrons. The SMILES string of the molecule is Cc1cc(C)cc(C(NC(=O)CCNC(=O)c2ccsc2)C(=O)O)c1. The van der Waals surface area contributed by atoms with E-state index in [1.807, 2.05) is 19.9 Å². The lowest BCUT2D eigenvalue weighted by Crippen LogP contribution is -2.36. The van der Waals surface area contributed by atoms with Gasteiger partial charge in [0.2, 0.25) is 5.91 Å². The molecule has 0 radical (unpaired) electrons. The van der Waals surface area contributed by atoms with E-state index in [1.165, 1.54) is 11.3 Å². The van der Waals surface area contributed by atoms with E-state index in [0.29, 0.717) is 11.1 Å². The fourth-order valence-corrected chi connectivity index (χ4v) is 3.12. The van der Waals surface area contributed by atoms with Crippen molar-refractivity contribution in [2.45, 2.75) is 26.3 Å². The summed E-state index contributed by atoms with van der Waals surface area (Å²) in [6.45, 7) is 3.88. The van der Waals surface area contributed by atoms with Gasteiger partial charge in [-0.2, -0.15) is 11.3 Å². The molecule has 0 bridgehead atoms. The minimum atomic E-state index is -1.12. The Morgan fingerprint density at radius 3 is 2.40 bits per heavy atom. The van der Waals surface area contributed by atoms with Crippen molar-refractivity contribution in [3.05, 3.63) is 57.3 Å². The first-order chi connectivity index (χ1) is 11.9. The Balaban J connectivity index is 1.92. The molecule has 25 heavy (non-hydrogen) atoms. The fraction of sp³-hybridized carbons (Fsp3) is 0.278. The molecule has 0 saturated carbocycles. The molecule has 1 aromatic carbocycles. The van der Waals surface area contributed by atoms with Gasteiger partial charge in [0.15, 0.2) is 6.04 Å². The predicted molar refractivity (Wildman–Crippen MR) is 95.7 cm³/mol. The summed E-state index contributed by atoms with van der Waals surface area (Å²) in [5.74, 6) is -1.81. The number of carbonyl (C=O) groups is 3. The van der Waals surface area contributed by atoms with Gasteiger partial charge >= 0.3 is 5.97 Å². The first-order valence-electron chi connectivity index (χ1n) is 7.77. The molecule has 0 aliphatic rings. The van der Waals surface area contributed by atoms with Crippen molar-refractivity contribution < 1.29 is 19.5 Å². The van der Waals surface area contributed by atoms with Gasteiger partial charge in [-0.15, -0.1) is 0 Å². The molecule has 0 aliphatic heterocycles. The zero-order valence-corrected chi connectivity index (χ0v) is 14.9. The number of aryl methyl sites for hydroxylation is 2. The molecule has 3 N–H and O–H groups in total. The van der Waals surface area contributed by atoms with Crippen LogP contribution in [-0.4, -0.2) is 29.4 Å². The first kappa shape index (κ1) is 18.7. The molecular formula is C18H20N2O4S. The second-order valence-corrected chi connectivity index (χ2v) is 6.56. The number of hydrogen-bond acceptors (Lipinski definition) is 4. The third-order valence-electron chi connectivity index (χ3n) is 3.55. The van der Waals surface area contributed by atoms with Crippen LogP contribution in [0.5, 0.6) is 0 Å². The average molecular weight is 360 g/mol. The van der Waals surface area contributed by atoms with Crippen LogP contribution in [0.3, 0.4) is 0 Å². The van der Waals surface area contributed by atoms with Crippen LogP contribution in [0.2, 0.25) is 0 Å². The smallest absolute Gasteiger partial charge is 0.330 e. The number of aliphatic carboxylic acids is 1. The third-order valence-corrected chi connectivity index (χ3v) is 4.23. The highest BCUT2D eigenvalue weighted by molar-refractivity contribution is 7.08. The maximum absolute atomic E-state index is 12.0. The van der Waals surface area contributed by atoms with Gasteiger partial charge in [0.25, 0.3) is 5.91 Å². The normalized spacial score (nSPS) is 11.6. The molecule has 6 nitrogen and oxygen atoms in total. The Morgan fingerprint density at radius 2 is 1.84 bits per heavy atom. The first-order valence-corrected chi connectivity index (χ1v) is 8.72. The van der Waals surface area contributed by atoms with Crippen LogP contribution in [0.4, 0.5) is 0 Å². The van der Waals surface area contributed by atoms with Gasteiger partial charge in [0.1, 0.15) is 0 Å². The standard InChI is InChI=1S/C18H20N2O4S/c1-11-7-12(2)9-14(8-11)16(18(23)24)20-15(21)3-5-19-17(22)13-4-6-25-10-13/h4,6-10,16H,3,5H2,1-2H3,(H,19,22)(H,20,21)(H,23,24). The lowest BCUT2D eigenvalue weighted by atomic mass is 10.0. The minimum Gasteiger partial charge on any atom is -0.479 e. The molecule has 1 unspecified atom stereocenters. The second-order valence-electron chi connectivity index (χ2n) is 5.78. The van der Waals surface area contributed by atoms with E-state index in [0.717, 1.165) is 11.1 Å². The van der Waals surface area contributed by atoms with Crippen molar-refractivity contribution in [1.82, 2.24) is 10.6 Å². The Hall–Kier alpha value is -2.67. The van der Waals surface area contributed by atoms with Crippen LogP contribution in [0.1, 0.15) is 39.5 Å². The van der Waals surface area contributed by atoms with E-state index >= 15 is 0 Å². The van der Waals surface area contributed by atoms with Gasteiger partial charge in [-0.25, -0.2) is 4.79 Å². The molecule has 0 saturated heterocycles. The Morgan fingerprint density at radius 1 is 1.16 bits per heavy atom. The molecule has 0 fully saturated rings. The van der Waals surface area contributed by atoms with Gasteiger partial charge in [0.05, 0.1) is 0 Å². The number of nitrogens with one attached hydrogen (secondary N) is 2. The highest BCUT2D eigenvalue weighted by atomic mass is 32.1. The van der Waals surface area contributed by atoms with Crippen LogP contribution in [0.15, 0.2) is 35.0 Å². The lowest BCUT2D eigenvalue weighted by Gasteiger charge is -2.16. The summed E-state index contributed by atoms with van der Waals surface area (Å²) in [7, 11) is 0. The minimum absolute atomic E-state index is 0.00442. The van der Waals surface area contributed by atoms with Crippen LogP contribution < -0.4 is 10.6 Å². The third kappa shape index (κ3) is 5.42. The molecule has 2 amide bonds. The van der Waals surface area contributed by atoms with E-state index in [9.17, 15) is 19.5 Å². The summed E-state index contributed by atoms with van der Waals surface area (Å²) in [5, 5.41) is 18.1. The number of carbonyl (C=O) groups excluding carboxylic acids is 2. The Bertz CT molecular complexity index is 751. The van der Waals surface area contributed by atoms with Crippen molar-refractivity contribution in [2.24, 2.45) is 0 Å². The second kappa shape index (κ2) is 8.43. The van der Waals surface area contributed by atoms with E-state index in [1.54, 1.807) is 29.0 Å². The number of amides is 2. The van der Waals surface area contributed by atoms with Crippen molar-refractivity contribution in [2.75, 3.05) is 6.54 Å². The molecule has 1 atom stereocenters. The zero-order chi connectivity index (χ0) is 18.4. The Kier molecular flexibility index (Phi) is 6.30. The zero-order valence-electron chi connectivity index (χ0n) is 14.0. The van der Waals surface area contributed by atoms with Crippen molar-refractivity contribution in [3.8, 4) is 0 Å². The molecule has 1 aromatic heterocycles. The summed E-state index contributed by atoms with van der Waals surface area (Å²) in [6, 6.07) is 6.00. The van der Waals surface area contributed by atoms with Gasteiger partial charge < -0.3 is 15.7 Å². The van der Waals surface area contributed by atoms with Gasteiger partial charge in [-0.05, 0) is 30.9 Å². The Labute approximate surface area is 149 Å². The summed E-state index contributed by atoms with van der Waals surface area (Å²) in [6.07, 6.45) is 0.00442. The van der Waals surface area contributed by atoms with E-state index in [2.05, 4.69) is 10.6 Å². The average Bonchev–Trinajstić information content (AvgIpc) is 3.05. The predicted octanol–water partition coefficient (Wildman–Crippen LogP) is 2.43. The molecule has 1 heterocycles. The molecule has 7 heteroatoms. The fourth-order valence-electron chi connectivity index (χ4n) is 2.48. The molecule has 2 aromatic rings. The van der Waals surface area contributed by atoms with Crippen molar-refractivity contribution >= 4 is 29.1 Å². The molecule has 0 spiro atoms. The maximum atomic E-state index is 12.0. The highest BCUT2D eigenvalue weighted by Crippen LogP contribution is 2.17. The molecular weight excluding hydrogens is 340 g/mol. The maximum Gasteiger partial charge on any atom is 0.330 e. The molecule has 0 aliphatic carbocycles. The monoisotopic (exact) mass is 360 g/mol. The lowest BCUT2D eigenvalue weighted by molar-refractivity contribution is -0.142. The number of benzene rings is 1. The summed E-state index contributed by atoms with van der Waals surface area (Å²) >= 11 is 1.41. The number of carboxylic acid groups (broad SMARTS) is 1. The highest BCUT2D eigenvalue weighted by Gasteiger charge is 2.22. The van der Waals surface area contributed by atoms with Crippen LogP contribution in [-0.2, 0) is 9.59 Å². The number of rotatable bonds is 7. The quantitative estimate of drug-likeness (QED) is 0.707. The van der Waals surface area contributed by atoms with E-state index in [-0.39, 0.29) is 18.9 Å². The largest absolute Gasteiger partial charge is 0.479 e. The van der Waals surface area contributed by atoms with Gasteiger partial charge in [-0.1, -0.05) is 29.3 Å². The summed E-state index contributed by atoms with van der Waals surface area (Å²) in [5.41, 5.74) is 2.93. The van der Waals surface area contributed by atoms with E-state index in [4.69, 9.17) is 0 Å². The van der Waals surface area contributed by atoms with Crippen molar-refractivity contribution in [1.29, 1.82) is 0 Å². The van der Waals surface area contributed by atoms with Gasteiger partial charge in [0, 0.05) is 23.9 Å². The topological polar surface area (TPSA) is 95.5 Å². The molecule has 2 rings (SSSR count). The van der Waals surface area contributed by atoms with Gasteiger partial charge in [-0.3, -0.25) is 9.59 Å². The number of hydrogen-bond donors (Lipinski definition) is 3. The summed E-state index contributed by atoms with van der Waals surface area (Å²) in [4.78, 5) is 35.3. The summed E-state index contributed by atoms with van der Waals surface area (Å²) < 4.78 is 0. The van der Waals surface area contributed by atoms with E-state index < -0.39 is 17.9 Å². The number of carboxylic acids is 1.